The predicted octanol–water partition coefficient (Wildman–Crippen LogP) is 2.65. The number of carboxylic acid groups (broad SMARTS) is 1. The van der Waals surface area contributed by atoms with Gasteiger partial charge >= 0.3 is 5.97 Å². The molecule has 0 saturated carbocycles. The molecule has 220 valence electrons. The lowest BCUT2D eigenvalue weighted by molar-refractivity contribution is -0.166. The first-order chi connectivity index (χ1) is 20.3. The number of hydrogen-bond acceptors (Lipinski definition) is 6. The topological polar surface area (TPSA) is 147 Å². The van der Waals surface area contributed by atoms with Crippen LogP contribution in [0.4, 0.5) is 0 Å². The largest absolute Gasteiger partial charge is 0.480 e. The van der Waals surface area contributed by atoms with Crippen LogP contribution in [0.5, 0.6) is 0 Å². The summed E-state index contributed by atoms with van der Waals surface area (Å²) in [6.45, 7) is 3.96. The molecule has 1 aliphatic rings. The highest BCUT2D eigenvalue weighted by molar-refractivity contribution is 5.93. The van der Waals surface area contributed by atoms with E-state index in [4.69, 9.17) is 0 Å². The lowest BCUT2D eigenvalue weighted by Gasteiger charge is -2.40. The number of nitrogens with one attached hydrogen (secondary N) is 3. The Morgan fingerprint density at radius 1 is 1.07 bits per heavy atom. The second-order valence-corrected chi connectivity index (χ2v) is 10.6. The zero-order valence-corrected chi connectivity index (χ0v) is 23.6. The number of rotatable bonds is 14. The summed E-state index contributed by atoms with van der Waals surface area (Å²) in [4.78, 5) is 59.3. The molecule has 1 aliphatic heterocycles. The van der Waals surface area contributed by atoms with Gasteiger partial charge in [0.1, 0.15) is 12.1 Å². The number of hydrazine groups is 1. The van der Waals surface area contributed by atoms with E-state index in [1.54, 1.807) is 18.6 Å². The van der Waals surface area contributed by atoms with Gasteiger partial charge in [-0.1, -0.05) is 62.4 Å². The normalized spacial score (nSPS) is 14.8. The van der Waals surface area contributed by atoms with Crippen LogP contribution in [0.15, 0.2) is 78.2 Å². The second-order valence-electron chi connectivity index (χ2n) is 10.6. The summed E-state index contributed by atoms with van der Waals surface area (Å²) in [5.41, 5.74) is 2.50. The molecule has 11 nitrogen and oxygen atoms in total. The number of nitrogens with zero attached hydrogens (tertiary/aromatic N) is 3. The molecule has 3 aromatic rings. The second kappa shape index (κ2) is 14.1. The van der Waals surface area contributed by atoms with Crippen molar-refractivity contribution >= 4 is 41.3 Å². The molecule has 4 rings (SSSR count). The summed E-state index contributed by atoms with van der Waals surface area (Å²) >= 11 is 0. The van der Waals surface area contributed by atoms with Gasteiger partial charge in [-0.25, -0.2) is 9.80 Å². The van der Waals surface area contributed by atoms with E-state index in [-0.39, 0.29) is 31.7 Å². The van der Waals surface area contributed by atoms with Crippen LogP contribution >= 0.6 is 0 Å². The Morgan fingerprint density at radius 2 is 1.81 bits per heavy atom. The van der Waals surface area contributed by atoms with E-state index >= 15 is 0 Å². The van der Waals surface area contributed by atoms with Crippen molar-refractivity contribution in [2.24, 2.45) is 10.9 Å². The Labute approximate surface area is 244 Å². The number of fused-ring (bicyclic) bond motifs is 1. The molecule has 0 bridgehead atoms. The number of aromatic nitrogens is 1. The van der Waals surface area contributed by atoms with Crippen molar-refractivity contribution in [2.45, 2.75) is 51.2 Å². The third-order valence-electron chi connectivity index (χ3n) is 7.06. The van der Waals surface area contributed by atoms with Gasteiger partial charge in [0, 0.05) is 48.6 Å². The summed E-state index contributed by atoms with van der Waals surface area (Å²) in [6.07, 6.45) is 7.34. The minimum atomic E-state index is -1.18. The van der Waals surface area contributed by atoms with Crippen LogP contribution in [0, 0.1) is 5.92 Å². The van der Waals surface area contributed by atoms with E-state index in [2.05, 4.69) is 20.6 Å². The summed E-state index contributed by atoms with van der Waals surface area (Å²) in [6, 6.07) is 13.5. The van der Waals surface area contributed by atoms with Gasteiger partial charge < -0.3 is 20.7 Å². The number of H-pyrrole nitrogens is 1. The molecule has 2 aromatic carbocycles. The number of carbonyl (C=O) groups excluding carboxylic acids is 3. The predicted molar refractivity (Wildman–Crippen MR) is 159 cm³/mol. The number of carboxylic acids is 1. The van der Waals surface area contributed by atoms with Gasteiger partial charge in [0.25, 0.3) is 5.91 Å². The number of carbonyl (C=O) groups is 4. The van der Waals surface area contributed by atoms with Crippen molar-refractivity contribution in [1.82, 2.24) is 25.6 Å². The fourth-order valence-corrected chi connectivity index (χ4v) is 5.05. The maximum Gasteiger partial charge on any atom is 0.328 e. The highest BCUT2D eigenvalue weighted by atomic mass is 16.4. The fraction of sp³-hybridized carbons (Fsp3) is 0.323. The summed E-state index contributed by atoms with van der Waals surface area (Å²) in [7, 11) is 0. The van der Waals surface area contributed by atoms with Crippen LogP contribution in [0.2, 0.25) is 0 Å². The quantitative estimate of drug-likeness (QED) is 0.219. The molecular weight excluding hydrogens is 536 g/mol. The minimum absolute atomic E-state index is 0.0247. The number of benzene rings is 2. The van der Waals surface area contributed by atoms with Crippen LogP contribution < -0.4 is 10.6 Å². The Balaban J connectivity index is 1.66. The first-order valence-corrected chi connectivity index (χ1v) is 13.9. The van der Waals surface area contributed by atoms with E-state index in [1.807, 2.05) is 68.4 Å². The number of aliphatic imine (C=N–C) groups is 1. The van der Waals surface area contributed by atoms with Gasteiger partial charge in [0.05, 0.1) is 6.54 Å². The molecule has 0 spiro atoms. The van der Waals surface area contributed by atoms with E-state index in [0.717, 1.165) is 22.0 Å². The number of aromatic amines is 1. The SMILES string of the molecule is CC(C)C[C@@H](C(=O)O)N(C(=O)[C@H](Cc1ccccc1)NC(=O)[C@H](Cc1c[nH]c2ccccc12)NC=O)N1C=CN=CC1. The third kappa shape index (κ3) is 7.42. The van der Waals surface area contributed by atoms with Crippen LogP contribution in [0.25, 0.3) is 10.9 Å². The molecule has 1 aromatic heterocycles. The molecule has 0 saturated heterocycles. The highest BCUT2D eigenvalue weighted by Gasteiger charge is 2.39. The Bertz CT molecular complexity index is 1450. The molecule has 11 heteroatoms. The minimum Gasteiger partial charge on any atom is -0.480 e. The molecule has 0 aliphatic carbocycles. The molecule has 0 radical (unpaired) electrons. The summed E-state index contributed by atoms with van der Waals surface area (Å²) < 4.78 is 0. The van der Waals surface area contributed by atoms with Gasteiger partial charge in [-0.3, -0.25) is 24.4 Å². The van der Waals surface area contributed by atoms with Gasteiger partial charge in [0.15, 0.2) is 6.04 Å². The average Bonchev–Trinajstić information content (AvgIpc) is 3.39. The van der Waals surface area contributed by atoms with Crippen LogP contribution in [0.3, 0.4) is 0 Å². The Morgan fingerprint density at radius 3 is 2.48 bits per heavy atom. The van der Waals surface area contributed by atoms with Crippen molar-refractivity contribution in [3.8, 4) is 0 Å². The number of amides is 3. The molecule has 3 amide bonds. The maximum atomic E-state index is 14.3. The van der Waals surface area contributed by atoms with E-state index in [9.17, 15) is 24.3 Å². The molecule has 3 atom stereocenters. The Kier molecular flexibility index (Phi) is 10.1. The molecule has 42 heavy (non-hydrogen) atoms. The highest BCUT2D eigenvalue weighted by Crippen LogP contribution is 2.21. The van der Waals surface area contributed by atoms with E-state index in [1.165, 1.54) is 16.2 Å². The Hall–Kier alpha value is -4.93. The van der Waals surface area contributed by atoms with Gasteiger partial charge in [0.2, 0.25) is 12.3 Å². The standard InChI is InChI=1S/C31H36N6O5/c1-21(2)16-28(31(41)42)37(36-14-12-32-13-15-36)30(40)27(17-22-8-4-3-5-9-22)35-29(39)26(34-20-38)18-23-19-33-25-11-7-6-10-24(23)25/h3-14,19-21,26-28,33H,15-18H2,1-2H3,(H,34,38)(H,35,39)(H,41,42)/t26-,27-,28-/m0/s1. The first-order valence-electron chi connectivity index (χ1n) is 13.9. The van der Waals surface area contributed by atoms with E-state index in [0.29, 0.717) is 6.41 Å². The molecule has 2 heterocycles. The van der Waals surface area contributed by atoms with Gasteiger partial charge in [-0.15, -0.1) is 0 Å². The van der Waals surface area contributed by atoms with Gasteiger partial charge in [-0.2, -0.15) is 0 Å². The first kappa shape index (κ1) is 30.0. The molecule has 0 fully saturated rings. The fourth-order valence-electron chi connectivity index (χ4n) is 5.05. The molecule has 0 unspecified atom stereocenters. The van der Waals surface area contributed by atoms with Crippen LogP contribution in [-0.4, -0.2) is 75.2 Å². The summed E-state index contributed by atoms with van der Waals surface area (Å²) in [5.74, 6) is -2.33. The van der Waals surface area contributed by atoms with Crippen LogP contribution in [-0.2, 0) is 32.0 Å². The van der Waals surface area contributed by atoms with Crippen molar-refractivity contribution in [1.29, 1.82) is 0 Å². The number of hydrogen-bond donors (Lipinski definition) is 4. The zero-order chi connectivity index (χ0) is 30.1. The van der Waals surface area contributed by atoms with E-state index < -0.39 is 35.9 Å². The zero-order valence-electron chi connectivity index (χ0n) is 23.6. The van der Waals surface area contributed by atoms with Crippen molar-refractivity contribution < 1.29 is 24.3 Å². The number of para-hydroxylation sites is 1. The lowest BCUT2D eigenvalue weighted by atomic mass is 10.00. The monoisotopic (exact) mass is 572 g/mol. The average molecular weight is 573 g/mol. The van der Waals surface area contributed by atoms with Crippen molar-refractivity contribution in [3.63, 3.8) is 0 Å². The number of aliphatic carboxylic acids is 1. The lowest BCUT2D eigenvalue weighted by Crippen LogP contribution is -2.61. The summed E-state index contributed by atoms with van der Waals surface area (Å²) in [5, 5.41) is 19.3. The molecular formula is C31H36N6O5. The van der Waals surface area contributed by atoms with Crippen molar-refractivity contribution in [2.75, 3.05) is 6.54 Å². The third-order valence-corrected chi connectivity index (χ3v) is 7.06. The maximum absolute atomic E-state index is 14.3. The molecule has 4 N–H and O–H groups in total. The van der Waals surface area contributed by atoms with Gasteiger partial charge in [-0.05, 0) is 29.5 Å². The smallest absolute Gasteiger partial charge is 0.328 e. The van der Waals surface area contributed by atoms with Crippen LogP contribution in [0.1, 0.15) is 31.4 Å². The van der Waals surface area contributed by atoms with Crippen molar-refractivity contribution in [3.05, 3.63) is 84.3 Å².